The highest BCUT2D eigenvalue weighted by atomic mass is 16.4. The van der Waals surface area contributed by atoms with Gasteiger partial charge in [0.05, 0.1) is 11.6 Å². The van der Waals surface area contributed by atoms with Gasteiger partial charge in [0.15, 0.2) is 0 Å². The molecule has 18 heavy (non-hydrogen) atoms. The van der Waals surface area contributed by atoms with Crippen LogP contribution in [0.2, 0.25) is 0 Å². The van der Waals surface area contributed by atoms with E-state index in [4.69, 9.17) is 10.8 Å². The molecule has 1 heterocycles. The third-order valence-corrected chi connectivity index (χ3v) is 3.03. The van der Waals surface area contributed by atoms with Gasteiger partial charge in [-0.25, -0.2) is 4.79 Å². The summed E-state index contributed by atoms with van der Waals surface area (Å²) in [4.78, 5) is 23.0. The molecule has 0 amide bonds. The molecule has 0 radical (unpaired) electrons. The second-order valence-electron chi connectivity index (χ2n) is 4.44. The standard InChI is InChI=1S/C12H11N3O3/c13-6-1-4-8-9(5-6)15(7-2-3-7)14-10(11(8)16)12(17)18/h1,4-5,7H,2-3,13H2,(H,17,18). The highest BCUT2D eigenvalue weighted by molar-refractivity contribution is 5.91. The average Bonchev–Trinajstić information content (AvgIpc) is 3.13. The number of nitrogens with two attached hydrogens (primary N) is 1. The fourth-order valence-corrected chi connectivity index (χ4v) is 2.00. The minimum atomic E-state index is -1.30. The molecule has 6 nitrogen and oxygen atoms in total. The van der Waals surface area contributed by atoms with Crippen molar-refractivity contribution in [1.82, 2.24) is 9.78 Å². The van der Waals surface area contributed by atoms with Gasteiger partial charge in [0, 0.05) is 11.1 Å². The number of aromatic nitrogens is 2. The maximum Gasteiger partial charge on any atom is 0.360 e. The lowest BCUT2D eigenvalue weighted by atomic mass is 10.2. The Balaban J connectivity index is 2.43. The zero-order valence-corrected chi connectivity index (χ0v) is 9.46. The van der Waals surface area contributed by atoms with Crippen LogP contribution in [0.3, 0.4) is 0 Å². The van der Waals surface area contributed by atoms with Gasteiger partial charge in [0.2, 0.25) is 11.1 Å². The molecule has 6 heteroatoms. The smallest absolute Gasteiger partial charge is 0.360 e. The van der Waals surface area contributed by atoms with Crippen molar-refractivity contribution in [3.63, 3.8) is 0 Å². The van der Waals surface area contributed by atoms with Gasteiger partial charge >= 0.3 is 5.97 Å². The second-order valence-corrected chi connectivity index (χ2v) is 4.44. The first-order valence-corrected chi connectivity index (χ1v) is 5.63. The molecule has 1 fully saturated rings. The van der Waals surface area contributed by atoms with E-state index in [1.165, 1.54) is 0 Å². The Labute approximate surface area is 102 Å². The van der Waals surface area contributed by atoms with Gasteiger partial charge in [-0.3, -0.25) is 9.48 Å². The van der Waals surface area contributed by atoms with Crippen molar-refractivity contribution >= 4 is 22.6 Å². The van der Waals surface area contributed by atoms with Crippen LogP contribution in [0.1, 0.15) is 29.4 Å². The minimum absolute atomic E-state index is 0.174. The maximum atomic E-state index is 12.0. The van der Waals surface area contributed by atoms with Crippen molar-refractivity contribution in [3.8, 4) is 0 Å². The number of anilines is 1. The van der Waals surface area contributed by atoms with Crippen molar-refractivity contribution in [1.29, 1.82) is 0 Å². The molecule has 0 aliphatic heterocycles. The first-order valence-electron chi connectivity index (χ1n) is 5.63. The minimum Gasteiger partial charge on any atom is -0.476 e. The molecule has 0 unspecified atom stereocenters. The van der Waals surface area contributed by atoms with Crippen LogP contribution < -0.4 is 11.2 Å². The van der Waals surface area contributed by atoms with E-state index in [1.54, 1.807) is 22.9 Å². The zero-order valence-electron chi connectivity index (χ0n) is 9.46. The predicted octanol–water partition coefficient (Wildman–Crippen LogP) is 1.01. The summed E-state index contributed by atoms with van der Waals surface area (Å²) in [5, 5.41) is 13.3. The molecule has 2 aromatic rings. The number of carbonyl (C=O) groups is 1. The number of benzene rings is 1. The summed E-state index contributed by atoms with van der Waals surface area (Å²) in [5.74, 6) is -1.30. The van der Waals surface area contributed by atoms with E-state index < -0.39 is 17.1 Å². The summed E-state index contributed by atoms with van der Waals surface area (Å²) in [5.41, 5.74) is 5.84. The van der Waals surface area contributed by atoms with Gasteiger partial charge in [-0.1, -0.05) is 0 Å². The van der Waals surface area contributed by atoms with E-state index in [-0.39, 0.29) is 6.04 Å². The number of aromatic carboxylic acids is 1. The molecule has 0 bridgehead atoms. The molecule has 1 aliphatic carbocycles. The van der Waals surface area contributed by atoms with Crippen LogP contribution in [0.4, 0.5) is 5.69 Å². The fraction of sp³-hybridized carbons (Fsp3) is 0.250. The Bertz CT molecular complexity index is 716. The topological polar surface area (TPSA) is 98.2 Å². The van der Waals surface area contributed by atoms with Crippen LogP contribution >= 0.6 is 0 Å². The van der Waals surface area contributed by atoms with Gasteiger partial charge in [-0.15, -0.1) is 0 Å². The Morgan fingerprint density at radius 1 is 1.44 bits per heavy atom. The molecule has 1 saturated carbocycles. The van der Waals surface area contributed by atoms with Gasteiger partial charge in [0.25, 0.3) is 0 Å². The molecule has 0 saturated heterocycles. The molecular formula is C12H11N3O3. The summed E-state index contributed by atoms with van der Waals surface area (Å²) in [7, 11) is 0. The lowest BCUT2D eigenvalue weighted by Gasteiger charge is -2.10. The average molecular weight is 245 g/mol. The van der Waals surface area contributed by atoms with Crippen LogP contribution in [0.15, 0.2) is 23.0 Å². The van der Waals surface area contributed by atoms with Crippen molar-refractivity contribution < 1.29 is 9.90 Å². The van der Waals surface area contributed by atoms with Gasteiger partial charge < -0.3 is 10.8 Å². The van der Waals surface area contributed by atoms with E-state index >= 15 is 0 Å². The van der Waals surface area contributed by atoms with Crippen molar-refractivity contribution in [2.45, 2.75) is 18.9 Å². The van der Waals surface area contributed by atoms with E-state index in [2.05, 4.69) is 5.10 Å². The summed E-state index contributed by atoms with van der Waals surface area (Å²) >= 11 is 0. The Morgan fingerprint density at radius 3 is 2.78 bits per heavy atom. The van der Waals surface area contributed by atoms with Crippen LogP contribution in [0.5, 0.6) is 0 Å². The predicted molar refractivity (Wildman–Crippen MR) is 65.6 cm³/mol. The molecule has 0 spiro atoms. The molecular weight excluding hydrogens is 234 g/mol. The van der Waals surface area contributed by atoms with Crippen molar-refractivity contribution in [2.75, 3.05) is 5.73 Å². The number of hydrogen-bond acceptors (Lipinski definition) is 4. The van der Waals surface area contributed by atoms with E-state index in [1.807, 2.05) is 0 Å². The Hall–Kier alpha value is -2.37. The molecule has 3 rings (SSSR count). The van der Waals surface area contributed by atoms with Crippen LogP contribution in [0.25, 0.3) is 10.9 Å². The zero-order chi connectivity index (χ0) is 12.9. The van der Waals surface area contributed by atoms with Crippen LogP contribution in [-0.2, 0) is 0 Å². The summed E-state index contributed by atoms with van der Waals surface area (Å²) in [6.07, 6.45) is 1.89. The highest BCUT2D eigenvalue weighted by Gasteiger charge is 2.28. The largest absolute Gasteiger partial charge is 0.476 e. The van der Waals surface area contributed by atoms with Crippen LogP contribution in [0, 0.1) is 0 Å². The van der Waals surface area contributed by atoms with Gasteiger partial charge in [-0.2, -0.15) is 5.10 Å². The number of carboxylic acids is 1. The van der Waals surface area contributed by atoms with Gasteiger partial charge in [0.1, 0.15) is 0 Å². The molecule has 92 valence electrons. The summed E-state index contributed by atoms with van der Waals surface area (Å²) in [6, 6.07) is 4.98. The lowest BCUT2D eigenvalue weighted by molar-refractivity contribution is 0.0686. The van der Waals surface area contributed by atoms with E-state index in [9.17, 15) is 9.59 Å². The first kappa shape index (κ1) is 10.8. The van der Waals surface area contributed by atoms with Crippen LogP contribution in [-0.4, -0.2) is 20.9 Å². The quantitative estimate of drug-likeness (QED) is 0.769. The molecule has 3 N–H and O–H groups in total. The first-order chi connectivity index (χ1) is 8.58. The van der Waals surface area contributed by atoms with Gasteiger partial charge in [-0.05, 0) is 31.0 Å². The number of nitrogen functional groups attached to an aromatic ring is 1. The Kier molecular flexibility index (Phi) is 2.13. The molecule has 1 aromatic heterocycles. The Morgan fingerprint density at radius 2 is 2.17 bits per heavy atom. The molecule has 1 aliphatic rings. The monoisotopic (exact) mass is 245 g/mol. The SMILES string of the molecule is Nc1ccc2c(=O)c(C(=O)O)nn(C3CC3)c2c1. The third-order valence-electron chi connectivity index (χ3n) is 3.03. The molecule has 1 aromatic carbocycles. The third kappa shape index (κ3) is 1.54. The number of rotatable bonds is 2. The fourth-order valence-electron chi connectivity index (χ4n) is 2.00. The lowest BCUT2D eigenvalue weighted by Crippen LogP contribution is -2.22. The van der Waals surface area contributed by atoms with Crippen molar-refractivity contribution in [2.24, 2.45) is 0 Å². The van der Waals surface area contributed by atoms with E-state index in [0.717, 1.165) is 12.8 Å². The number of carboxylic acid groups (broad SMARTS) is 1. The highest BCUT2D eigenvalue weighted by Crippen LogP contribution is 2.36. The summed E-state index contributed by atoms with van der Waals surface area (Å²) < 4.78 is 1.61. The van der Waals surface area contributed by atoms with E-state index in [0.29, 0.717) is 16.6 Å². The second kappa shape index (κ2) is 3.56. The maximum absolute atomic E-state index is 12.0. The molecule has 0 atom stereocenters. The number of nitrogens with zero attached hydrogens (tertiary/aromatic N) is 2. The number of hydrogen-bond donors (Lipinski definition) is 2. The summed E-state index contributed by atoms with van der Waals surface area (Å²) in [6.45, 7) is 0. The van der Waals surface area contributed by atoms with Crippen molar-refractivity contribution in [3.05, 3.63) is 34.1 Å². The number of fused-ring (bicyclic) bond motifs is 1. The normalized spacial score (nSPS) is 14.9.